The maximum atomic E-state index is 14.4. The van der Waals surface area contributed by atoms with Gasteiger partial charge in [-0.3, -0.25) is 19.2 Å². The van der Waals surface area contributed by atoms with Crippen LogP contribution in [0.25, 0.3) is 0 Å². The number of ketones is 3. The van der Waals surface area contributed by atoms with Gasteiger partial charge in [-0.1, -0.05) is 55.0 Å². The number of ether oxygens (including phenoxy) is 1. The van der Waals surface area contributed by atoms with Gasteiger partial charge in [0.1, 0.15) is 0 Å². The summed E-state index contributed by atoms with van der Waals surface area (Å²) in [5, 5.41) is 0. The van der Waals surface area contributed by atoms with E-state index >= 15 is 0 Å². The van der Waals surface area contributed by atoms with E-state index in [0.717, 1.165) is 44.1 Å². The standard InChI is InChI=1S/C32H44O5/c1-18-24(34)25(35)28(4,5)21-10-11-29(6)22(31(18,21)8)16-20(33)23-19-17-27(2,3)12-14-32(19,26(36)37-9)15-13-30(23,29)7/h16,19,21,23H,1,10-15,17H2,2-9H3. The molecule has 0 spiro atoms. The first-order chi connectivity index (χ1) is 16.9. The molecule has 0 saturated heterocycles. The van der Waals surface area contributed by atoms with Crippen molar-refractivity contribution < 1.29 is 23.9 Å². The molecule has 0 N–H and O–H groups in total. The first kappa shape index (κ1) is 26.6. The minimum atomic E-state index is -0.810. The van der Waals surface area contributed by atoms with Crippen molar-refractivity contribution in [3.8, 4) is 0 Å². The van der Waals surface area contributed by atoms with Crippen LogP contribution in [0.15, 0.2) is 23.8 Å². The number of methoxy groups -OCH3 is 1. The topological polar surface area (TPSA) is 77.5 Å². The molecule has 4 fully saturated rings. The van der Waals surface area contributed by atoms with E-state index in [9.17, 15) is 19.2 Å². The largest absolute Gasteiger partial charge is 0.469 e. The van der Waals surface area contributed by atoms with E-state index in [0.29, 0.717) is 12.0 Å². The zero-order chi connectivity index (χ0) is 27.6. The van der Waals surface area contributed by atoms with Gasteiger partial charge in [-0.05, 0) is 84.7 Å². The Morgan fingerprint density at radius 2 is 1.57 bits per heavy atom. The average molecular weight is 509 g/mol. The van der Waals surface area contributed by atoms with Crippen LogP contribution in [0.5, 0.6) is 0 Å². The molecule has 37 heavy (non-hydrogen) atoms. The highest BCUT2D eigenvalue weighted by Gasteiger charge is 2.72. The molecule has 7 unspecified atom stereocenters. The number of fused-ring (bicyclic) bond motifs is 7. The maximum Gasteiger partial charge on any atom is 0.312 e. The van der Waals surface area contributed by atoms with E-state index in [-0.39, 0.29) is 51.5 Å². The summed E-state index contributed by atoms with van der Waals surface area (Å²) >= 11 is 0. The van der Waals surface area contributed by atoms with Gasteiger partial charge < -0.3 is 4.74 Å². The minimum absolute atomic E-state index is 0.0454. The van der Waals surface area contributed by atoms with Gasteiger partial charge >= 0.3 is 5.97 Å². The molecular weight excluding hydrogens is 464 g/mol. The second-order valence-electron chi connectivity index (χ2n) is 15.0. The van der Waals surface area contributed by atoms with Gasteiger partial charge in [0.25, 0.3) is 0 Å². The highest BCUT2D eigenvalue weighted by Crippen LogP contribution is 2.75. The molecule has 0 aromatic rings. The molecule has 5 heteroatoms. The second-order valence-corrected chi connectivity index (χ2v) is 15.0. The van der Waals surface area contributed by atoms with Crippen molar-refractivity contribution in [3.63, 3.8) is 0 Å². The molecule has 0 radical (unpaired) electrons. The van der Waals surface area contributed by atoms with Crippen molar-refractivity contribution in [2.45, 2.75) is 93.4 Å². The Morgan fingerprint density at radius 3 is 2.19 bits per heavy atom. The Kier molecular flexibility index (Phi) is 5.41. The first-order valence-corrected chi connectivity index (χ1v) is 14.1. The van der Waals surface area contributed by atoms with Gasteiger partial charge in [0.15, 0.2) is 5.78 Å². The second kappa shape index (κ2) is 7.54. The van der Waals surface area contributed by atoms with Crippen LogP contribution in [0, 0.1) is 50.2 Å². The van der Waals surface area contributed by atoms with Crippen LogP contribution in [-0.2, 0) is 23.9 Å². The Bertz CT molecular complexity index is 1170. The summed E-state index contributed by atoms with van der Waals surface area (Å²) in [6.07, 6.45) is 7.46. The number of rotatable bonds is 1. The highest BCUT2D eigenvalue weighted by molar-refractivity contribution is 6.46. The molecule has 0 aromatic heterocycles. The Labute approximate surface area is 221 Å². The number of allylic oxidation sites excluding steroid dienone is 3. The molecular formula is C32H44O5. The summed E-state index contributed by atoms with van der Waals surface area (Å²) in [6, 6.07) is 0. The Hall–Kier alpha value is -2.04. The molecule has 5 nitrogen and oxygen atoms in total. The summed E-state index contributed by atoms with van der Waals surface area (Å²) < 4.78 is 5.40. The molecule has 4 saturated carbocycles. The molecule has 5 aliphatic rings. The van der Waals surface area contributed by atoms with Gasteiger partial charge in [0, 0.05) is 22.3 Å². The van der Waals surface area contributed by atoms with Gasteiger partial charge in [0.2, 0.25) is 11.6 Å². The van der Waals surface area contributed by atoms with Crippen LogP contribution in [0.3, 0.4) is 0 Å². The van der Waals surface area contributed by atoms with E-state index in [1.807, 2.05) is 19.9 Å². The lowest BCUT2D eigenvalue weighted by Gasteiger charge is -2.69. The molecule has 0 aromatic carbocycles. The molecule has 0 bridgehead atoms. The van der Waals surface area contributed by atoms with Crippen molar-refractivity contribution in [2.75, 3.05) is 7.11 Å². The quantitative estimate of drug-likeness (QED) is 0.245. The van der Waals surface area contributed by atoms with E-state index < -0.39 is 22.0 Å². The molecule has 0 aliphatic heterocycles. The lowest BCUT2D eigenvalue weighted by molar-refractivity contribution is -0.191. The van der Waals surface area contributed by atoms with Gasteiger partial charge in [-0.15, -0.1) is 0 Å². The van der Waals surface area contributed by atoms with E-state index in [2.05, 4.69) is 41.2 Å². The van der Waals surface area contributed by atoms with Gasteiger partial charge in [-0.25, -0.2) is 0 Å². The third-order valence-electron chi connectivity index (χ3n) is 12.7. The fraction of sp³-hybridized carbons (Fsp3) is 0.750. The third-order valence-corrected chi connectivity index (χ3v) is 12.7. The fourth-order valence-electron chi connectivity index (χ4n) is 10.2. The summed E-state index contributed by atoms with van der Waals surface area (Å²) in [5.41, 5.74) is -1.52. The molecule has 202 valence electrons. The summed E-state index contributed by atoms with van der Waals surface area (Å²) in [5.74, 6) is -1.39. The molecule has 0 amide bonds. The van der Waals surface area contributed by atoms with Crippen molar-refractivity contribution in [1.82, 2.24) is 0 Å². The van der Waals surface area contributed by atoms with Crippen molar-refractivity contribution in [2.24, 2.45) is 50.2 Å². The smallest absolute Gasteiger partial charge is 0.312 e. The zero-order valence-electron chi connectivity index (χ0n) is 24.0. The number of hydrogen-bond donors (Lipinski definition) is 0. The number of hydrogen-bond acceptors (Lipinski definition) is 5. The summed E-state index contributed by atoms with van der Waals surface area (Å²) in [7, 11) is 1.47. The average Bonchev–Trinajstić information content (AvgIpc) is 2.82. The number of Topliss-reactive ketones (excluding diaryl/α,β-unsaturated/α-hetero) is 2. The Morgan fingerprint density at radius 1 is 0.946 bits per heavy atom. The Balaban J connectivity index is 1.70. The van der Waals surface area contributed by atoms with Crippen molar-refractivity contribution in [3.05, 3.63) is 23.8 Å². The van der Waals surface area contributed by atoms with E-state index in [1.165, 1.54) is 7.11 Å². The molecule has 0 heterocycles. The number of esters is 1. The van der Waals surface area contributed by atoms with Crippen LogP contribution in [0.4, 0.5) is 0 Å². The SMILES string of the molecule is C=C1C(=O)C(=O)C(C)(C)C2CCC3(C)C(=CC(=O)C4C5CC(C)(C)CCC5(C(=O)OC)CCC43C)C12C. The van der Waals surface area contributed by atoms with Crippen LogP contribution < -0.4 is 0 Å². The van der Waals surface area contributed by atoms with Crippen LogP contribution in [-0.4, -0.2) is 30.4 Å². The predicted molar refractivity (Wildman–Crippen MR) is 141 cm³/mol. The van der Waals surface area contributed by atoms with E-state index in [4.69, 9.17) is 4.74 Å². The lowest BCUT2D eigenvalue weighted by atomic mass is 9.33. The molecule has 7 atom stereocenters. The zero-order valence-corrected chi connectivity index (χ0v) is 24.0. The highest BCUT2D eigenvalue weighted by atomic mass is 16.5. The molecule has 5 rings (SSSR count). The number of carbonyl (C=O) groups excluding carboxylic acids is 4. The predicted octanol–water partition coefficient (Wildman–Crippen LogP) is 6.05. The van der Waals surface area contributed by atoms with Crippen LogP contribution in [0.1, 0.15) is 93.4 Å². The fourth-order valence-corrected chi connectivity index (χ4v) is 10.2. The van der Waals surface area contributed by atoms with Gasteiger partial charge in [0.05, 0.1) is 12.5 Å². The lowest BCUT2D eigenvalue weighted by Crippen LogP contribution is -2.67. The van der Waals surface area contributed by atoms with Crippen molar-refractivity contribution in [1.29, 1.82) is 0 Å². The number of carbonyl (C=O) groups is 4. The maximum absolute atomic E-state index is 14.4. The minimum Gasteiger partial charge on any atom is -0.469 e. The molecule has 5 aliphatic carbocycles. The van der Waals surface area contributed by atoms with Crippen molar-refractivity contribution >= 4 is 23.3 Å². The van der Waals surface area contributed by atoms with Gasteiger partial charge in [-0.2, -0.15) is 0 Å². The summed E-state index contributed by atoms with van der Waals surface area (Å²) in [6.45, 7) is 19.1. The monoisotopic (exact) mass is 508 g/mol. The normalized spacial score (nSPS) is 46.2. The van der Waals surface area contributed by atoms with Crippen LogP contribution >= 0.6 is 0 Å². The van der Waals surface area contributed by atoms with E-state index in [1.54, 1.807) is 0 Å². The van der Waals surface area contributed by atoms with Crippen LogP contribution in [0.2, 0.25) is 0 Å². The first-order valence-electron chi connectivity index (χ1n) is 14.1. The third kappa shape index (κ3) is 2.98. The summed E-state index contributed by atoms with van der Waals surface area (Å²) in [4.78, 5) is 54.0.